The molecule has 0 radical (unpaired) electrons. The monoisotopic (exact) mass is 457 g/mol. The van der Waals surface area contributed by atoms with E-state index >= 15 is 0 Å². The summed E-state index contributed by atoms with van der Waals surface area (Å²) < 4.78 is 7.71. The number of nitrogens with zero attached hydrogens (tertiary/aromatic N) is 3. The van der Waals surface area contributed by atoms with Gasteiger partial charge in [0.1, 0.15) is 5.65 Å². The van der Waals surface area contributed by atoms with Gasteiger partial charge in [0.2, 0.25) is 0 Å². The van der Waals surface area contributed by atoms with Gasteiger partial charge in [0, 0.05) is 38.5 Å². The molecule has 0 aliphatic carbocycles. The maximum Gasteiger partial charge on any atom is 0.191 e. The van der Waals surface area contributed by atoms with Crippen molar-refractivity contribution in [2.75, 3.05) is 26.2 Å². The van der Waals surface area contributed by atoms with Crippen molar-refractivity contribution >= 4 is 35.6 Å². The van der Waals surface area contributed by atoms with Crippen LogP contribution >= 0.6 is 24.0 Å². The highest BCUT2D eigenvalue weighted by Crippen LogP contribution is 2.12. The van der Waals surface area contributed by atoms with Crippen LogP contribution in [-0.4, -0.2) is 47.7 Å². The highest BCUT2D eigenvalue weighted by molar-refractivity contribution is 14.0. The largest absolute Gasteiger partial charge is 0.376 e. The van der Waals surface area contributed by atoms with E-state index in [9.17, 15) is 0 Å². The van der Waals surface area contributed by atoms with Gasteiger partial charge in [-0.05, 0) is 38.3 Å². The molecule has 2 aromatic heterocycles. The van der Waals surface area contributed by atoms with E-state index < -0.39 is 0 Å². The second-order valence-electron chi connectivity index (χ2n) is 6.19. The zero-order valence-corrected chi connectivity index (χ0v) is 17.3. The van der Waals surface area contributed by atoms with Gasteiger partial charge < -0.3 is 19.8 Å². The number of guanidine groups is 1. The molecule has 1 aliphatic heterocycles. The van der Waals surface area contributed by atoms with Gasteiger partial charge in [-0.1, -0.05) is 6.07 Å². The van der Waals surface area contributed by atoms with E-state index in [1.54, 1.807) is 0 Å². The molecule has 1 saturated heterocycles. The second kappa shape index (κ2) is 9.96. The Morgan fingerprint density at radius 2 is 2.32 bits per heavy atom. The number of aliphatic imine (C=N–C) groups is 1. The predicted octanol–water partition coefficient (Wildman–Crippen LogP) is 2.54. The molecule has 3 rings (SSSR count). The second-order valence-corrected chi connectivity index (χ2v) is 6.19. The Bertz CT molecular complexity index is 694. The highest BCUT2D eigenvalue weighted by Gasteiger charge is 2.14. The van der Waals surface area contributed by atoms with Crippen LogP contribution in [0, 0.1) is 6.92 Å². The number of aryl methyl sites for hydroxylation is 1. The zero-order valence-electron chi connectivity index (χ0n) is 15.0. The maximum absolute atomic E-state index is 5.62. The lowest BCUT2D eigenvalue weighted by Crippen LogP contribution is -2.39. The van der Waals surface area contributed by atoms with Gasteiger partial charge in [-0.3, -0.25) is 4.99 Å². The summed E-state index contributed by atoms with van der Waals surface area (Å²) in [5, 5.41) is 6.67. The number of fused-ring (bicyclic) bond motifs is 1. The van der Waals surface area contributed by atoms with Crippen molar-refractivity contribution in [1.82, 2.24) is 20.0 Å². The number of pyridine rings is 1. The van der Waals surface area contributed by atoms with Crippen LogP contribution < -0.4 is 10.6 Å². The molecular formula is C18H28IN5O. The van der Waals surface area contributed by atoms with Gasteiger partial charge in [0.15, 0.2) is 5.96 Å². The Hall–Kier alpha value is -1.35. The minimum Gasteiger partial charge on any atom is -0.376 e. The van der Waals surface area contributed by atoms with Gasteiger partial charge in [0.05, 0.1) is 18.3 Å². The molecule has 138 valence electrons. The number of nitrogens with one attached hydrogen (secondary N) is 2. The summed E-state index contributed by atoms with van der Waals surface area (Å²) in [5.74, 6) is 0.855. The molecule has 25 heavy (non-hydrogen) atoms. The van der Waals surface area contributed by atoms with Crippen LogP contribution in [-0.2, 0) is 11.2 Å². The topological polar surface area (TPSA) is 63.0 Å². The van der Waals surface area contributed by atoms with Gasteiger partial charge in [-0.15, -0.1) is 24.0 Å². The molecule has 2 N–H and O–H groups in total. The van der Waals surface area contributed by atoms with Crippen LogP contribution in [0.5, 0.6) is 0 Å². The van der Waals surface area contributed by atoms with Crippen molar-refractivity contribution in [2.45, 2.75) is 39.2 Å². The van der Waals surface area contributed by atoms with E-state index in [1.807, 2.05) is 12.3 Å². The fraction of sp³-hybridized carbons (Fsp3) is 0.556. The fourth-order valence-electron chi connectivity index (χ4n) is 2.96. The molecular weight excluding hydrogens is 429 g/mol. The average molecular weight is 457 g/mol. The number of imidazole rings is 1. The Balaban J connectivity index is 0.00000225. The molecule has 0 aromatic carbocycles. The first-order valence-corrected chi connectivity index (χ1v) is 8.83. The molecule has 7 heteroatoms. The number of aromatic nitrogens is 2. The first kappa shape index (κ1) is 20.0. The number of ether oxygens (including phenoxy) is 1. The van der Waals surface area contributed by atoms with E-state index in [2.05, 4.69) is 46.1 Å². The predicted molar refractivity (Wildman–Crippen MR) is 112 cm³/mol. The molecule has 6 nitrogen and oxygen atoms in total. The molecule has 0 spiro atoms. The van der Waals surface area contributed by atoms with Gasteiger partial charge in [-0.25, -0.2) is 4.98 Å². The summed E-state index contributed by atoms with van der Waals surface area (Å²) in [6.07, 6.45) is 7.55. The number of hydrogen-bond acceptors (Lipinski definition) is 3. The Morgan fingerprint density at radius 1 is 1.44 bits per heavy atom. The minimum absolute atomic E-state index is 0. The van der Waals surface area contributed by atoms with Crippen molar-refractivity contribution in [1.29, 1.82) is 0 Å². The lowest BCUT2D eigenvalue weighted by Gasteiger charge is -2.12. The van der Waals surface area contributed by atoms with Gasteiger partial charge in [-0.2, -0.15) is 0 Å². The summed E-state index contributed by atoms with van der Waals surface area (Å²) in [4.78, 5) is 9.33. The number of hydrogen-bond donors (Lipinski definition) is 2. The van der Waals surface area contributed by atoms with Crippen LogP contribution in [0.2, 0.25) is 0 Å². The Labute approximate surface area is 166 Å². The van der Waals surface area contributed by atoms with Crippen LogP contribution in [0.4, 0.5) is 0 Å². The average Bonchev–Trinajstić information content (AvgIpc) is 3.22. The number of rotatable bonds is 6. The summed E-state index contributed by atoms with van der Waals surface area (Å²) in [5.41, 5.74) is 3.32. The first-order chi connectivity index (χ1) is 11.8. The van der Waals surface area contributed by atoms with E-state index in [4.69, 9.17) is 9.72 Å². The minimum atomic E-state index is 0. The van der Waals surface area contributed by atoms with Crippen molar-refractivity contribution in [3.63, 3.8) is 0 Å². The lowest BCUT2D eigenvalue weighted by atomic mass is 10.2. The van der Waals surface area contributed by atoms with Gasteiger partial charge in [0.25, 0.3) is 0 Å². The molecule has 0 bridgehead atoms. The smallest absolute Gasteiger partial charge is 0.191 e. The summed E-state index contributed by atoms with van der Waals surface area (Å²) in [6, 6.07) is 4.14. The molecule has 0 saturated carbocycles. The summed E-state index contributed by atoms with van der Waals surface area (Å²) in [6.45, 7) is 7.42. The van der Waals surface area contributed by atoms with Crippen molar-refractivity contribution < 1.29 is 4.74 Å². The third-order valence-electron chi connectivity index (χ3n) is 4.22. The molecule has 1 aliphatic rings. The standard InChI is InChI=1S/C18H27N5O.HI/c1-3-19-18(21-12-16-7-5-11-24-16)20-9-8-15-13-23-10-4-6-14(2)17(23)22-15;/h4,6,10,13,16H,3,5,7-9,11-12H2,1-2H3,(H2,19,20,21);1H. The van der Waals surface area contributed by atoms with Crippen LogP contribution in [0.3, 0.4) is 0 Å². The van der Waals surface area contributed by atoms with E-state index in [1.165, 1.54) is 5.56 Å². The maximum atomic E-state index is 5.62. The lowest BCUT2D eigenvalue weighted by molar-refractivity contribution is 0.117. The van der Waals surface area contributed by atoms with Crippen molar-refractivity contribution in [3.8, 4) is 0 Å². The quantitative estimate of drug-likeness (QED) is 0.398. The molecule has 0 amide bonds. The Kier molecular flexibility index (Phi) is 7.95. The van der Waals surface area contributed by atoms with E-state index in [0.29, 0.717) is 0 Å². The fourth-order valence-corrected chi connectivity index (χ4v) is 2.96. The van der Waals surface area contributed by atoms with Crippen LogP contribution in [0.1, 0.15) is 31.0 Å². The van der Waals surface area contributed by atoms with Crippen LogP contribution in [0.25, 0.3) is 5.65 Å². The van der Waals surface area contributed by atoms with E-state index in [-0.39, 0.29) is 30.1 Å². The third kappa shape index (κ3) is 5.57. The number of halogens is 1. The summed E-state index contributed by atoms with van der Waals surface area (Å²) in [7, 11) is 0. The molecule has 1 unspecified atom stereocenters. The summed E-state index contributed by atoms with van der Waals surface area (Å²) >= 11 is 0. The highest BCUT2D eigenvalue weighted by atomic mass is 127. The van der Waals surface area contributed by atoms with Crippen LogP contribution in [0.15, 0.2) is 29.5 Å². The SMILES string of the molecule is CCNC(=NCC1CCCO1)NCCc1cn2cccc(C)c2n1.I. The Morgan fingerprint density at radius 3 is 3.04 bits per heavy atom. The molecule has 3 heterocycles. The zero-order chi connectivity index (χ0) is 16.8. The first-order valence-electron chi connectivity index (χ1n) is 8.83. The third-order valence-corrected chi connectivity index (χ3v) is 4.22. The van der Waals surface area contributed by atoms with Gasteiger partial charge >= 0.3 is 0 Å². The van der Waals surface area contributed by atoms with Crippen molar-refractivity contribution in [2.24, 2.45) is 4.99 Å². The molecule has 1 atom stereocenters. The molecule has 1 fully saturated rings. The van der Waals surface area contributed by atoms with Crippen molar-refractivity contribution in [3.05, 3.63) is 35.8 Å². The molecule has 2 aromatic rings. The normalized spacial score (nSPS) is 17.5. The van der Waals surface area contributed by atoms with E-state index in [0.717, 1.165) is 62.8 Å².